The van der Waals surface area contributed by atoms with E-state index >= 15 is 0 Å². The highest BCUT2D eigenvalue weighted by molar-refractivity contribution is 5.19. The van der Waals surface area contributed by atoms with Crippen LogP contribution in [0.5, 0.6) is 0 Å². The molecule has 2 rings (SSSR count). The molecule has 0 bridgehead atoms. The van der Waals surface area contributed by atoms with E-state index in [1.165, 1.54) is 18.2 Å². The van der Waals surface area contributed by atoms with Crippen LogP contribution in [0.1, 0.15) is 5.56 Å². The Labute approximate surface area is 92.6 Å². The average molecular weight is 227 g/mol. The molecule has 1 heterocycles. The molecule has 1 saturated heterocycles. The predicted molar refractivity (Wildman–Crippen MR) is 56.1 cm³/mol. The van der Waals surface area contributed by atoms with Gasteiger partial charge in [0, 0.05) is 18.7 Å². The van der Waals surface area contributed by atoms with Crippen LogP contribution >= 0.6 is 0 Å². The van der Waals surface area contributed by atoms with E-state index in [-0.39, 0.29) is 18.3 Å². The summed E-state index contributed by atoms with van der Waals surface area (Å²) >= 11 is 0. The van der Waals surface area contributed by atoms with Crippen molar-refractivity contribution in [2.45, 2.75) is 12.7 Å². The van der Waals surface area contributed by atoms with Crippen LogP contribution in [0.4, 0.5) is 8.78 Å². The first kappa shape index (κ1) is 11.4. The molecule has 88 valence electrons. The molecule has 6 heteroatoms. The van der Waals surface area contributed by atoms with Crippen LogP contribution in [0.15, 0.2) is 18.2 Å². The van der Waals surface area contributed by atoms with E-state index in [1.807, 2.05) is 0 Å². The van der Waals surface area contributed by atoms with Gasteiger partial charge in [0.05, 0.1) is 0 Å². The van der Waals surface area contributed by atoms with Crippen LogP contribution in [0, 0.1) is 11.6 Å². The zero-order chi connectivity index (χ0) is 11.5. The number of hydrazine groups is 1. The Morgan fingerprint density at radius 3 is 2.75 bits per heavy atom. The molecule has 1 aliphatic heterocycles. The van der Waals surface area contributed by atoms with Crippen LogP contribution in [0.3, 0.4) is 0 Å². The van der Waals surface area contributed by atoms with E-state index in [9.17, 15) is 8.78 Å². The first-order chi connectivity index (χ1) is 7.70. The number of benzene rings is 1. The molecule has 1 fully saturated rings. The van der Waals surface area contributed by atoms with Crippen molar-refractivity contribution in [2.24, 2.45) is 0 Å². The fourth-order valence-corrected chi connectivity index (χ4v) is 1.57. The Kier molecular flexibility index (Phi) is 3.45. The van der Waals surface area contributed by atoms with Crippen molar-refractivity contribution >= 4 is 0 Å². The second-order valence-corrected chi connectivity index (χ2v) is 3.61. The number of halogens is 2. The third-order valence-corrected chi connectivity index (χ3v) is 2.49. The van der Waals surface area contributed by atoms with Gasteiger partial charge in [0.2, 0.25) is 0 Å². The van der Waals surface area contributed by atoms with Crippen molar-refractivity contribution in [1.82, 2.24) is 15.9 Å². The molecule has 0 saturated carbocycles. The van der Waals surface area contributed by atoms with E-state index in [4.69, 9.17) is 0 Å². The number of likely N-dealkylation sites (N-methyl/N-ethyl adjacent to an activating group) is 1. The minimum Gasteiger partial charge on any atom is -0.566 e. The van der Waals surface area contributed by atoms with Gasteiger partial charge in [-0.25, -0.2) is 8.78 Å². The lowest BCUT2D eigenvalue weighted by Gasteiger charge is -2.21. The highest BCUT2D eigenvalue weighted by Gasteiger charge is 2.15. The lowest BCUT2D eigenvalue weighted by Crippen LogP contribution is -2.32. The van der Waals surface area contributed by atoms with Gasteiger partial charge in [-0.05, 0) is 19.2 Å². The van der Waals surface area contributed by atoms with E-state index in [0.717, 1.165) is 0 Å². The molecule has 4 nitrogen and oxygen atoms in total. The highest BCUT2D eigenvalue weighted by Crippen LogP contribution is 2.16. The fraction of sp³-hybridized carbons (Fsp3) is 0.400. The van der Waals surface area contributed by atoms with Gasteiger partial charge < -0.3 is 16.3 Å². The zero-order valence-electron chi connectivity index (χ0n) is 8.87. The molecule has 0 aliphatic carbocycles. The van der Waals surface area contributed by atoms with Gasteiger partial charge in [0.25, 0.3) is 0 Å². The SMILES string of the molecule is CNC1CN(Cc2c(F)cccc2F)N[N-]1. The van der Waals surface area contributed by atoms with Crippen molar-refractivity contribution in [2.75, 3.05) is 13.6 Å². The first-order valence-corrected chi connectivity index (χ1v) is 5.01. The minimum atomic E-state index is -0.533. The van der Waals surface area contributed by atoms with E-state index in [2.05, 4.69) is 16.3 Å². The molecule has 1 atom stereocenters. The van der Waals surface area contributed by atoms with Crippen molar-refractivity contribution in [3.05, 3.63) is 40.8 Å². The van der Waals surface area contributed by atoms with Crippen molar-refractivity contribution in [1.29, 1.82) is 0 Å². The quantitative estimate of drug-likeness (QED) is 0.813. The third kappa shape index (κ3) is 2.35. The molecule has 0 aromatic heterocycles. The summed E-state index contributed by atoms with van der Waals surface area (Å²) in [6.07, 6.45) is -0.0464. The van der Waals surface area contributed by atoms with E-state index in [1.54, 1.807) is 12.1 Å². The Bertz CT molecular complexity index is 352. The zero-order valence-corrected chi connectivity index (χ0v) is 8.87. The summed E-state index contributed by atoms with van der Waals surface area (Å²) in [7, 11) is 1.78. The summed E-state index contributed by atoms with van der Waals surface area (Å²) in [5.74, 6) is -1.07. The second kappa shape index (κ2) is 4.84. The number of hydrogen-bond donors (Lipinski definition) is 2. The molecular weight excluding hydrogens is 214 g/mol. The third-order valence-electron chi connectivity index (χ3n) is 2.49. The van der Waals surface area contributed by atoms with Gasteiger partial charge in [-0.3, -0.25) is 5.01 Å². The molecule has 16 heavy (non-hydrogen) atoms. The van der Waals surface area contributed by atoms with Gasteiger partial charge in [0.1, 0.15) is 11.6 Å². The van der Waals surface area contributed by atoms with Gasteiger partial charge in [-0.15, -0.1) is 0 Å². The maximum Gasteiger partial charge on any atom is 0.130 e. The summed E-state index contributed by atoms with van der Waals surface area (Å²) in [5.41, 5.74) is 6.79. The Balaban J connectivity index is 2.04. The van der Waals surface area contributed by atoms with E-state index < -0.39 is 11.6 Å². The van der Waals surface area contributed by atoms with Gasteiger partial charge >= 0.3 is 0 Å². The Hall–Kier alpha value is -1.08. The Morgan fingerprint density at radius 1 is 1.50 bits per heavy atom. The maximum absolute atomic E-state index is 13.3. The summed E-state index contributed by atoms with van der Waals surface area (Å²) in [6, 6.07) is 3.86. The predicted octanol–water partition coefficient (Wildman–Crippen LogP) is 1.12. The van der Waals surface area contributed by atoms with Crippen LogP contribution in [0.25, 0.3) is 5.43 Å². The van der Waals surface area contributed by atoms with Gasteiger partial charge in [0.15, 0.2) is 0 Å². The van der Waals surface area contributed by atoms with Crippen LogP contribution < -0.4 is 10.9 Å². The Morgan fingerprint density at radius 2 is 2.19 bits per heavy atom. The summed E-state index contributed by atoms with van der Waals surface area (Å²) in [5, 5.41) is 4.61. The molecule has 0 spiro atoms. The lowest BCUT2D eigenvalue weighted by molar-refractivity contribution is 0.241. The normalized spacial score (nSPS) is 21.6. The number of rotatable bonds is 3. The largest absolute Gasteiger partial charge is 0.566 e. The standard InChI is InChI=1S/C10H13F2N4/c1-13-10-6-16(15-14-10)5-7-8(11)3-2-4-9(7)12/h2-4,10,13,15H,5-6H2,1H3/q-1. The van der Waals surface area contributed by atoms with Crippen LogP contribution in [0.2, 0.25) is 0 Å². The number of nitrogens with zero attached hydrogens (tertiary/aromatic N) is 2. The lowest BCUT2D eigenvalue weighted by atomic mass is 10.2. The van der Waals surface area contributed by atoms with Gasteiger partial charge in [-0.1, -0.05) is 12.2 Å². The van der Waals surface area contributed by atoms with Crippen molar-refractivity contribution < 1.29 is 8.78 Å². The average Bonchev–Trinajstić information content (AvgIpc) is 2.71. The molecule has 2 N–H and O–H groups in total. The smallest absolute Gasteiger partial charge is 0.130 e. The summed E-state index contributed by atoms with van der Waals surface area (Å²) in [4.78, 5) is 0. The molecule has 1 aromatic carbocycles. The van der Waals surface area contributed by atoms with Crippen LogP contribution in [-0.2, 0) is 6.54 Å². The fourth-order valence-electron chi connectivity index (χ4n) is 1.57. The molecule has 0 radical (unpaired) electrons. The minimum absolute atomic E-state index is 0.0464. The van der Waals surface area contributed by atoms with E-state index in [0.29, 0.717) is 6.54 Å². The molecule has 1 aromatic rings. The number of hydrogen-bond acceptors (Lipinski definition) is 3. The van der Waals surface area contributed by atoms with Gasteiger partial charge in [-0.2, -0.15) is 0 Å². The number of nitrogens with one attached hydrogen (secondary N) is 2. The molecular formula is C10H13F2N4-. The maximum atomic E-state index is 13.3. The van der Waals surface area contributed by atoms with Crippen molar-refractivity contribution in [3.63, 3.8) is 0 Å². The molecule has 1 unspecified atom stereocenters. The topological polar surface area (TPSA) is 41.4 Å². The molecule has 1 aliphatic rings. The first-order valence-electron chi connectivity index (χ1n) is 5.01. The summed E-state index contributed by atoms with van der Waals surface area (Å²) in [6.45, 7) is 0.727. The molecule has 0 amide bonds. The van der Waals surface area contributed by atoms with Crippen LogP contribution in [-0.4, -0.2) is 24.8 Å². The van der Waals surface area contributed by atoms with Crippen molar-refractivity contribution in [3.8, 4) is 0 Å². The second-order valence-electron chi connectivity index (χ2n) is 3.61. The summed E-state index contributed by atoms with van der Waals surface area (Å²) < 4.78 is 26.7. The monoisotopic (exact) mass is 227 g/mol. The highest BCUT2D eigenvalue weighted by atomic mass is 19.1.